The molecule has 0 aromatic rings. The molecule has 32 heavy (non-hydrogen) atoms. The van der Waals surface area contributed by atoms with Gasteiger partial charge in [0.1, 0.15) is 11.2 Å². The third-order valence-electron chi connectivity index (χ3n) is 4.05. The Bertz CT molecular complexity index is 631. The van der Waals surface area contributed by atoms with Crippen molar-refractivity contribution < 1.29 is 23.9 Å². The molecule has 188 valence electrons. The van der Waals surface area contributed by atoms with Crippen molar-refractivity contribution in [2.24, 2.45) is 21.6 Å². The molecular weight excluding hydrogens is 412 g/mol. The first kappa shape index (κ1) is 32.1. The number of hydrogen-bond donors (Lipinski definition) is 3. The van der Waals surface area contributed by atoms with Crippen molar-refractivity contribution >= 4 is 18.3 Å². The maximum Gasteiger partial charge on any atom is 0.407 e. The van der Waals surface area contributed by atoms with Crippen LogP contribution in [0.2, 0.25) is 0 Å². The minimum Gasteiger partial charge on any atom is -0.444 e. The summed E-state index contributed by atoms with van der Waals surface area (Å²) in [5, 5.41) is 5.49. The lowest BCUT2D eigenvalue weighted by molar-refractivity contribution is 0.0457. The summed E-state index contributed by atoms with van der Waals surface area (Å²) in [6.45, 7) is 23.4. The maximum absolute atomic E-state index is 11.6. The number of isocyanates is 1. The lowest BCUT2D eigenvalue weighted by Gasteiger charge is -2.31. The Hall–Kier alpha value is -2.12. The number of aliphatic imine (C=N–C) groups is 1. The van der Waals surface area contributed by atoms with Crippen LogP contribution in [0.4, 0.5) is 9.59 Å². The number of alkyl carbamates (subject to hydrolysis) is 2. The summed E-state index contributed by atoms with van der Waals surface area (Å²) in [7, 11) is 0. The number of ether oxygens (including phenoxy) is 2. The molecule has 0 rings (SSSR count). The minimum absolute atomic E-state index is 0.0638. The van der Waals surface area contributed by atoms with Gasteiger partial charge in [0, 0.05) is 12.6 Å². The molecule has 0 aromatic carbocycles. The summed E-state index contributed by atoms with van der Waals surface area (Å²) in [6.07, 6.45) is 0.564. The van der Waals surface area contributed by atoms with Gasteiger partial charge in [-0.05, 0) is 52.4 Å². The van der Waals surface area contributed by atoms with Crippen LogP contribution >= 0.6 is 0 Å². The second kappa shape index (κ2) is 12.8. The molecule has 9 heteroatoms. The third kappa shape index (κ3) is 17.5. The van der Waals surface area contributed by atoms with Gasteiger partial charge in [0.05, 0.1) is 12.6 Å². The highest BCUT2D eigenvalue weighted by Crippen LogP contribution is 2.20. The van der Waals surface area contributed by atoms with E-state index in [4.69, 9.17) is 15.2 Å². The summed E-state index contributed by atoms with van der Waals surface area (Å²) >= 11 is 0. The molecule has 0 radical (unpaired) electrons. The molecular formula is C23H46N4O5. The first-order valence-corrected chi connectivity index (χ1v) is 10.8. The Morgan fingerprint density at radius 3 is 1.38 bits per heavy atom. The molecule has 9 nitrogen and oxygen atoms in total. The van der Waals surface area contributed by atoms with Gasteiger partial charge in [0.15, 0.2) is 0 Å². The van der Waals surface area contributed by atoms with Gasteiger partial charge in [-0.1, -0.05) is 41.5 Å². The number of nitrogens with zero attached hydrogens (tertiary/aromatic N) is 1. The molecule has 0 aliphatic rings. The van der Waals surface area contributed by atoms with Crippen LogP contribution in [0.1, 0.15) is 83.1 Å². The molecule has 0 heterocycles. The molecule has 0 bridgehead atoms. The van der Waals surface area contributed by atoms with Crippen molar-refractivity contribution in [2.45, 2.75) is 106 Å². The van der Waals surface area contributed by atoms with Gasteiger partial charge < -0.3 is 25.8 Å². The van der Waals surface area contributed by atoms with E-state index in [0.29, 0.717) is 6.54 Å². The van der Waals surface area contributed by atoms with Gasteiger partial charge in [-0.2, -0.15) is 0 Å². The van der Waals surface area contributed by atoms with Crippen molar-refractivity contribution in [3.05, 3.63) is 0 Å². The van der Waals surface area contributed by atoms with Crippen LogP contribution in [-0.4, -0.2) is 54.6 Å². The van der Waals surface area contributed by atoms with Gasteiger partial charge >= 0.3 is 12.2 Å². The first-order valence-electron chi connectivity index (χ1n) is 10.8. The van der Waals surface area contributed by atoms with Crippen LogP contribution in [0.25, 0.3) is 0 Å². The van der Waals surface area contributed by atoms with E-state index in [1.807, 2.05) is 62.3 Å². The van der Waals surface area contributed by atoms with E-state index in [0.717, 1.165) is 0 Å². The number of carbonyl (C=O) groups is 2. The van der Waals surface area contributed by atoms with Gasteiger partial charge in [0.25, 0.3) is 0 Å². The number of rotatable bonds is 5. The van der Waals surface area contributed by atoms with Crippen molar-refractivity contribution in [1.82, 2.24) is 10.6 Å². The summed E-state index contributed by atoms with van der Waals surface area (Å²) in [5.41, 5.74) is 4.31. The Kier molecular flexibility index (Phi) is 12.8. The van der Waals surface area contributed by atoms with Crippen LogP contribution in [-0.2, 0) is 14.3 Å². The zero-order valence-electron chi connectivity index (χ0n) is 22.1. The summed E-state index contributed by atoms with van der Waals surface area (Å²) in [4.78, 5) is 36.7. The monoisotopic (exact) mass is 458 g/mol. The normalized spacial score (nSPS) is 14.0. The Balaban J connectivity index is 0. The topological polar surface area (TPSA) is 132 Å². The molecule has 0 aliphatic carbocycles. The van der Waals surface area contributed by atoms with Crippen LogP contribution in [0.15, 0.2) is 4.99 Å². The van der Waals surface area contributed by atoms with Crippen LogP contribution in [0.3, 0.4) is 0 Å². The van der Waals surface area contributed by atoms with Gasteiger partial charge in [-0.3, -0.25) is 0 Å². The molecule has 0 fully saturated rings. The first-order chi connectivity index (χ1) is 14.1. The lowest BCUT2D eigenvalue weighted by Crippen LogP contribution is -2.49. The average Bonchev–Trinajstić information content (AvgIpc) is 2.51. The molecule has 2 atom stereocenters. The summed E-state index contributed by atoms with van der Waals surface area (Å²) in [5.74, 6) is 0. The zero-order valence-corrected chi connectivity index (χ0v) is 22.1. The van der Waals surface area contributed by atoms with Gasteiger partial charge in [0.2, 0.25) is 6.08 Å². The summed E-state index contributed by atoms with van der Waals surface area (Å²) < 4.78 is 10.3. The second-order valence-corrected chi connectivity index (χ2v) is 11.8. The van der Waals surface area contributed by atoms with Crippen molar-refractivity contribution in [1.29, 1.82) is 0 Å². The highest BCUT2D eigenvalue weighted by atomic mass is 16.6. The fourth-order valence-corrected chi connectivity index (χ4v) is 2.19. The molecule has 0 aromatic heterocycles. The Morgan fingerprint density at radius 1 is 0.781 bits per heavy atom. The van der Waals surface area contributed by atoms with E-state index in [1.165, 1.54) is 6.08 Å². The number of nitrogens with one attached hydrogen (secondary N) is 2. The van der Waals surface area contributed by atoms with Crippen LogP contribution < -0.4 is 16.4 Å². The highest BCUT2D eigenvalue weighted by molar-refractivity contribution is 5.68. The minimum atomic E-state index is -0.541. The molecule has 0 saturated carbocycles. The fraction of sp³-hybridized carbons (Fsp3) is 0.870. The van der Waals surface area contributed by atoms with Crippen LogP contribution in [0.5, 0.6) is 0 Å². The second-order valence-electron chi connectivity index (χ2n) is 11.8. The van der Waals surface area contributed by atoms with E-state index < -0.39 is 23.4 Å². The Labute approximate surface area is 194 Å². The Morgan fingerprint density at radius 2 is 1.12 bits per heavy atom. The predicted octanol–water partition coefficient (Wildman–Crippen LogP) is 4.15. The molecule has 0 saturated heterocycles. The zero-order chi connectivity index (χ0) is 26.0. The van der Waals surface area contributed by atoms with Gasteiger partial charge in [-0.25, -0.2) is 19.4 Å². The largest absolute Gasteiger partial charge is 0.444 e. The van der Waals surface area contributed by atoms with Crippen molar-refractivity contribution in [3.63, 3.8) is 0 Å². The molecule has 2 unspecified atom stereocenters. The van der Waals surface area contributed by atoms with Gasteiger partial charge in [-0.15, -0.1) is 0 Å². The van der Waals surface area contributed by atoms with E-state index in [9.17, 15) is 14.4 Å². The maximum atomic E-state index is 11.6. The quantitative estimate of drug-likeness (QED) is 0.419. The third-order valence-corrected chi connectivity index (χ3v) is 4.05. The molecule has 4 N–H and O–H groups in total. The average molecular weight is 459 g/mol. The number of amides is 2. The predicted molar refractivity (Wildman–Crippen MR) is 127 cm³/mol. The van der Waals surface area contributed by atoms with E-state index in [2.05, 4.69) is 15.6 Å². The van der Waals surface area contributed by atoms with E-state index in [-0.39, 0.29) is 29.5 Å². The molecule has 2 amide bonds. The van der Waals surface area contributed by atoms with Crippen molar-refractivity contribution in [3.8, 4) is 0 Å². The van der Waals surface area contributed by atoms with E-state index >= 15 is 0 Å². The van der Waals surface area contributed by atoms with Crippen molar-refractivity contribution in [2.75, 3.05) is 13.1 Å². The standard InChI is InChI=1S/C12H22N2O3.C11H24N2O2/c1-11(2,3)9(7-13-8-15)14-10(16)17-12(4,5)6;1-10(2,3)8(7-12)13-9(14)15-11(4,5)6/h9H,7H2,1-6H3,(H,14,16);8H,7,12H2,1-6H3,(H,13,14). The highest BCUT2D eigenvalue weighted by Gasteiger charge is 2.28. The molecule has 0 aliphatic heterocycles. The molecule has 0 spiro atoms. The van der Waals surface area contributed by atoms with E-state index in [1.54, 1.807) is 20.8 Å². The van der Waals surface area contributed by atoms with Crippen LogP contribution in [0, 0.1) is 10.8 Å². The number of nitrogens with two attached hydrogens (primary N) is 1. The summed E-state index contributed by atoms with van der Waals surface area (Å²) in [6, 6.07) is -0.342. The SMILES string of the molecule is CC(C)(C)OC(=O)NC(CN)C(C)(C)C.CC(C)(C)OC(=O)NC(CN=C=O)C(C)(C)C. The lowest BCUT2D eigenvalue weighted by atomic mass is 9.87. The fourth-order valence-electron chi connectivity index (χ4n) is 2.19. The smallest absolute Gasteiger partial charge is 0.407 e. The number of carbonyl (C=O) groups excluding carboxylic acids is 3. The number of hydrogen-bond acceptors (Lipinski definition) is 7.